The summed E-state index contributed by atoms with van der Waals surface area (Å²) in [7, 11) is 0. The van der Waals surface area contributed by atoms with E-state index in [1.54, 1.807) is 36.4 Å². The van der Waals surface area contributed by atoms with Crippen molar-refractivity contribution in [1.82, 2.24) is 4.90 Å². The van der Waals surface area contributed by atoms with Crippen molar-refractivity contribution in [2.45, 2.75) is 13.3 Å². The molecule has 132 valence electrons. The van der Waals surface area contributed by atoms with Crippen molar-refractivity contribution < 1.29 is 9.59 Å². The lowest BCUT2D eigenvalue weighted by atomic mass is 10.2. The van der Waals surface area contributed by atoms with Gasteiger partial charge in [0.2, 0.25) is 5.91 Å². The molecule has 0 saturated carbocycles. The molecule has 2 amide bonds. The smallest absolute Gasteiger partial charge is 0.255 e. The zero-order valence-corrected chi connectivity index (χ0v) is 16.7. The second-order valence-corrected chi connectivity index (χ2v) is 7.08. The van der Waals surface area contributed by atoms with Crippen LogP contribution in [0.2, 0.25) is 10.0 Å². The molecule has 2 aromatic carbocycles. The largest absolute Gasteiger partial charge is 0.329 e. The van der Waals surface area contributed by atoms with Crippen LogP contribution in [0.4, 0.5) is 5.69 Å². The number of benzene rings is 2. The molecule has 0 atom stereocenters. The summed E-state index contributed by atoms with van der Waals surface area (Å²) in [5, 5.41) is 3.55. The molecular weight excluding hydrogens is 427 g/mol. The van der Waals surface area contributed by atoms with E-state index in [2.05, 4.69) is 21.2 Å². The maximum Gasteiger partial charge on any atom is 0.255 e. The summed E-state index contributed by atoms with van der Waals surface area (Å²) in [6, 6.07) is 12.0. The van der Waals surface area contributed by atoms with E-state index in [0.717, 1.165) is 6.42 Å². The molecule has 1 N–H and O–H groups in total. The molecule has 0 heterocycles. The van der Waals surface area contributed by atoms with Crippen molar-refractivity contribution in [2.75, 3.05) is 18.4 Å². The van der Waals surface area contributed by atoms with Crippen LogP contribution < -0.4 is 5.32 Å². The van der Waals surface area contributed by atoms with Crippen LogP contribution in [0.1, 0.15) is 23.7 Å². The van der Waals surface area contributed by atoms with Gasteiger partial charge in [-0.1, -0.05) is 42.3 Å². The highest BCUT2D eigenvalue weighted by Gasteiger charge is 2.20. The van der Waals surface area contributed by atoms with E-state index >= 15 is 0 Å². The van der Waals surface area contributed by atoms with Gasteiger partial charge >= 0.3 is 0 Å². The van der Waals surface area contributed by atoms with Crippen molar-refractivity contribution in [3.8, 4) is 0 Å². The normalized spacial score (nSPS) is 10.4. The lowest BCUT2D eigenvalue weighted by Crippen LogP contribution is -2.38. The Morgan fingerprint density at radius 1 is 1.16 bits per heavy atom. The van der Waals surface area contributed by atoms with E-state index in [0.29, 0.717) is 32.3 Å². The van der Waals surface area contributed by atoms with Gasteiger partial charge in [0, 0.05) is 16.0 Å². The minimum atomic E-state index is -0.335. The van der Waals surface area contributed by atoms with Crippen LogP contribution in [0.3, 0.4) is 0 Å². The van der Waals surface area contributed by atoms with Crippen molar-refractivity contribution in [2.24, 2.45) is 0 Å². The third kappa shape index (κ3) is 5.46. The first kappa shape index (κ1) is 19.8. The van der Waals surface area contributed by atoms with Crippen molar-refractivity contribution >= 4 is 56.6 Å². The predicted molar refractivity (Wildman–Crippen MR) is 105 cm³/mol. The summed E-state index contributed by atoms with van der Waals surface area (Å²) in [5.74, 6) is -0.542. The number of hydrogen-bond donors (Lipinski definition) is 1. The number of carbonyl (C=O) groups excluding carboxylic acids is 2. The Balaban J connectivity index is 2.13. The van der Waals surface area contributed by atoms with Gasteiger partial charge in [0.25, 0.3) is 5.91 Å². The van der Waals surface area contributed by atoms with E-state index in [-0.39, 0.29) is 18.4 Å². The first-order chi connectivity index (χ1) is 11.9. The number of nitrogens with one attached hydrogen (secondary N) is 1. The standard InChI is InChI=1S/C18H17BrCl2N2O2/c1-2-9-23(18(25)13-5-3-4-6-14(13)19)11-17(24)22-16-10-12(20)7-8-15(16)21/h3-8,10H,2,9,11H2,1H3,(H,22,24). The molecule has 0 aromatic heterocycles. The monoisotopic (exact) mass is 442 g/mol. The molecule has 2 rings (SSSR count). The maximum atomic E-state index is 12.7. The van der Waals surface area contributed by atoms with Gasteiger partial charge in [0.1, 0.15) is 6.54 Å². The summed E-state index contributed by atoms with van der Waals surface area (Å²) < 4.78 is 0.694. The fourth-order valence-electron chi connectivity index (χ4n) is 2.28. The molecule has 2 aromatic rings. The molecule has 0 radical (unpaired) electrons. The quantitative estimate of drug-likeness (QED) is 0.662. The van der Waals surface area contributed by atoms with Gasteiger partial charge in [-0.25, -0.2) is 0 Å². The number of rotatable bonds is 6. The lowest BCUT2D eigenvalue weighted by Gasteiger charge is -2.22. The molecule has 0 unspecified atom stereocenters. The second kappa shape index (κ2) is 9.22. The number of hydrogen-bond acceptors (Lipinski definition) is 2. The zero-order chi connectivity index (χ0) is 18.4. The van der Waals surface area contributed by atoms with Crippen molar-refractivity contribution in [1.29, 1.82) is 0 Å². The molecule has 0 spiro atoms. The Labute approximate surface area is 165 Å². The minimum absolute atomic E-state index is 0.0726. The molecule has 0 aliphatic carbocycles. The lowest BCUT2D eigenvalue weighted by molar-refractivity contribution is -0.116. The average Bonchev–Trinajstić information content (AvgIpc) is 2.57. The summed E-state index contributed by atoms with van der Waals surface area (Å²) in [6.07, 6.45) is 0.737. The SMILES string of the molecule is CCCN(CC(=O)Nc1cc(Cl)ccc1Cl)C(=O)c1ccccc1Br. The van der Waals surface area contributed by atoms with Crippen LogP contribution in [0.25, 0.3) is 0 Å². The number of nitrogens with zero attached hydrogens (tertiary/aromatic N) is 1. The van der Waals surface area contributed by atoms with Gasteiger partial charge < -0.3 is 10.2 Å². The van der Waals surface area contributed by atoms with Crippen LogP contribution >= 0.6 is 39.1 Å². The molecule has 7 heteroatoms. The minimum Gasteiger partial charge on any atom is -0.329 e. The maximum absolute atomic E-state index is 12.7. The van der Waals surface area contributed by atoms with E-state index in [1.807, 2.05) is 13.0 Å². The molecular formula is C18H17BrCl2N2O2. The molecule has 25 heavy (non-hydrogen) atoms. The number of carbonyl (C=O) groups is 2. The zero-order valence-electron chi connectivity index (χ0n) is 13.6. The molecule has 4 nitrogen and oxygen atoms in total. The Morgan fingerprint density at radius 3 is 2.56 bits per heavy atom. The Morgan fingerprint density at radius 2 is 1.88 bits per heavy atom. The van der Waals surface area contributed by atoms with Gasteiger partial charge in [-0.3, -0.25) is 9.59 Å². The van der Waals surface area contributed by atoms with Crippen molar-refractivity contribution in [3.05, 3.63) is 62.5 Å². The van der Waals surface area contributed by atoms with Crippen LogP contribution in [0.15, 0.2) is 46.9 Å². The highest BCUT2D eigenvalue weighted by atomic mass is 79.9. The molecule has 0 fully saturated rings. The number of halogens is 3. The Hall–Kier alpha value is -1.56. The third-order valence-electron chi connectivity index (χ3n) is 3.42. The summed E-state index contributed by atoms with van der Waals surface area (Å²) in [4.78, 5) is 26.6. The first-order valence-corrected chi connectivity index (χ1v) is 9.26. The number of amides is 2. The van der Waals surface area contributed by atoms with Crippen LogP contribution in [-0.2, 0) is 4.79 Å². The Kier molecular flexibility index (Phi) is 7.29. The van der Waals surface area contributed by atoms with Gasteiger partial charge in [-0.15, -0.1) is 0 Å². The van der Waals surface area contributed by atoms with Gasteiger partial charge in [-0.2, -0.15) is 0 Å². The van der Waals surface area contributed by atoms with Gasteiger partial charge in [-0.05, 0) is 52.7 Å². The molecule has 0 aliphatic rings. The van der Waals surface area contributed by atoms with Crippen LogP contribution in [0.5, 0.6) is 0 Å². The average molecular weight is 444 g/mol. The topological polar surface area (TPSA) is 49.4 Å². The highest BCUT2D eigenvalue weighted by molar-refractivity contribution is 9.10. The fraction of sp³-hybridized carbons (Fsp3) is 0.222. The second-order valence-electron chi connectivity index (χ2n) is 5.38. The van der Waals surface area contributed by atoms with E-state index in [1.165, 1.54) is 4.90 Å². The van der Waals surface area contributed by atoms with Crippen LogP contribution in [-0.4, -0.2) is 29.8 Å². The number of anilines is 1. The molecule has 0 aliphatic heterocycles. The predicted octanol–water partition coefficient (Wildman–Crippen LogP) is 5.25. The summed E-state index contributed by atoms with van der Waals surface area (Å²) >= 11 is 15.4. The summed E-state index contributed by atoms with van der Waals surface area (Å²) in [5.41, 5.74) is 0.938. The highest BCUT2D eigenvalue weighted by Crippen LogP contribution is 2.25. The van der Waals surface area contributed by atoms with Crippen LogP contribution in [0, 0.1) is 0 Å². The van der Waals surface area contributed by atoms with E-state index in [9.17, 15) is 9.59 Å². The third-order valence-corrected chi connectivity index (χ3v) is 4.68. The fourth-order valence-corrected chi connectivity index (χ4v) is 3.07. The summed E-state index contributed by atoms with van der Waals surface area (Å²) in [6.45, 7) is 2.35. The first-order valence-electron chi connectivity index (χ1n) is 7.71. The van der Waals surface area contributed by atoms with Gasteiger partial charge in [0.05, 0.1) is 16.3 Å². The van der Waals surface area contributed by atoms with Crippen molar-refractivity contribution in [3.63, 3.8) is 0 Å². The van der Waals surface area contributed by atoms with E-state index < -0.39 is 0 Å². The molecule has 0 bridgehead atoms. The van der Waals surface area contributed by atoms with E-state index in [4.69, 9.17) is 23.2 Å². The molecule has 0 saturated heterocycles. The Bertz CT molecular complexity index is 783. The van der Waals surface area contributed by atoms with Gasteiger partial charge in [0.15, 0.2) is 0 Å².